The van der Waals surface area contributed by atoms with E-state index in [2.05, 4.69) is 31.5 Å². The largest absolute Gasteiger partial charge is 0.471 e. The van der Waals surface area contributed by atoms with Crippen molar-refractivity contribution in [3.63, 3.8) is 0 Å². The highest BCUT2D eigenvalue weighted by atomic mass is 16.5. The van der Waals surface area contributed by atoms with Crippen LogP contribution in [0.4, 0.5) is 4.79 Å². The van der Waals surface area contributed by atoms with E-state index in [1.165, 1.54) is 4.68 Å². The minimum atomic E-state index is -1.11. The normalized spacial score (nSPS) is 12.0. The van der Waals surface area contributed by atoms with Crippen molar-refractivity contribution in [3.8, 4) is 5.75 Å². The molecule has 1 aromatic heterocycles. The van der Waals surface area contributed by atoms with Gasteiger partial charge in [0.25, 0.3) is 0 Å². The molecule has 1 atom stereocenters. The highest BCUT2D eigenvalue weighted by molar-refractivity contribution is 5.85. The second kappa shape index (κ2) is 12.6. The van der Waals surface area contributed by atoms with E-state index in [0.29, 0.717) is 18.2 Å². The van der Waals surface area contributed by atoms with E-state index in [9.17, 15) is 9.59 Å². The molecule has 0 bridgehead atoms. The number of nitrogens with two attached hydrogens (primary N) is 1. The number of aromatic nitrogens is 4. The molecule has 36 heavy (non-hydrogen) atoms. The zero-order valence-corrected chi connectivity index (χ0v) is 20.6. The van der Waals surface area contributed by atoms with E-state index in [1.54, 1.807) is 27.0 Å². The fraction of sp³-hybridized carbons (Fsp3) is 0.375. The van der Waals surface area contributed by atoms with Crippen LogP contribution in [0.1, 0.15) is 36.8 Å². The van der Waals surface area contributed by atoms with E-state index < -0.39 is 11.6 Å². The maximum Gasteiger partial charge on any atom is 0.314 e. The number of benzene rings is 2. The third-order valence-corrected chi connectivity index (χ3v) is 5.14. The molecule has 2 aromatic carbocycles. The molecule has 0 spiro atoms. The Bertz CT molecular complexity index is 1130. The van der Waals surface area contributed by atoms with Crippen LogP contribution in [0.2, 0.25) is 0 Å². The Labute approximate surface area is 209 Å². The first-order valence-electron chi connectivity index (χ1n) is 11.4. The second-order valence-electron chi connectivity index (χ2n) is 8.60. The average Bonchev–Trinajstić information content (AvgIpc) is 3.34. The van der Waals surface area contributed by atoms with Crippen LogP contribution >= 0.6 is 0 Å². The number of nitrogens with zero attached hydrogens (tertiary/aromatic N) is 4. The molecule has 5 N–H and O–H groups in total. The molecule has 12 nitrogen and oxygen atoms in total. The van der Waals surface area contributed by atoms with Crippen LogP contribution in [0.25, 0.3) is 0 Å². The Hall–Kier alpha value is -4.03. The number of carbonyl (C=O) groups is 2. The number of nitrogens with one attached hydrogen (secondary N) is 3. The van der Waals surface area contributed by atoms with Crippen molar-refractivity contribution in [2.75, 3.05) is 13.7 Å². The van der Waals surface area contributed by atoms with Crippen molar-refractivity contribution >= 4 is 11.9 Å². The highest BCUT2D eigenvalue weighted by Gasteiger charge is 2.28. The molecule has 0 aliphatic carbocycles. The summed E-state index contributed by atoms with van der Waals surface area (Å²) in [6.45, 7) is 3.93. The molecule has 0 fully saturated rings. The Morgan fingerprint density at radius 3 is 2.56 bits per heavy atom. The Morgan fingerprint density at radius 2 is 1.83 bits per heavy atom. The molecular weight excluding hydrogens is 464 g/mol. The second-order valence-corrected chi connectivity index (χ2v) is 8.60. The van der Waals surface area contributed by atoms with Gasteiger partial charge in [-0.15, -0.1) is 5.10 Å². The summed E-state index contributed by atoms with van der Waals surface area (Å²) in [5.41, 5.74) is 6.64. The quantitative estimate of drug-likeness (QED) is 0.292. The topological polar surface area (TPSA) is 158 Å². The van der Waals surface area contributed by atoms with Gasteiger partial charge in [0, 0.05) is 19.2 Å². The summed E-state index contributed by atoms with van der Waals surface area (Å²) in [5, 5.41) is 20.0. The van der Waals surface area contributed by atoms with E-state index in [4.69, 9.17) is 15.2 Å². The Morgan fingerprint density at radius 1 is 1.11 bits per heavy atom. The molecule has 0 saturated carbocycles. The SMILES string of the molecule is CNC(=O)NCc1ccccc1OCn1nnnc1[C@@H](COCc1ccccc1)NC(=O)C(C)(C)N. The van der Waals surface area contributed by atoms with E-state index in [0.717, 1.165) is 11.1 Å². The molecule has 12 heteroatoms. The smallest absolute Gasteiger partial charge is 0.314 e. The minimum Gasteiger partial charge on any atom is -0.471 e. The highest BCUT2D eigenvalue weighted by Crippen LogP contribution is 2.19. The van der Waals surface area contributed by atoms with Crippen molar-refractivity contribution in [3.05, 3.63) is 71.5 Å². The van der Waals surface area contributed by atoms with Gasteiger partial charge in [-0.3, -0.25) is 4.79 Å². The van der Waals surface area contributed by atoms with Crippen molar-refractivity contribution in [1.82, 2.24) is 36.2 Å². The fourth-order valence-electron chi connectivity index (χ4n) is 3.13. The van der Waals surface area contributed by atoms with Crippen LogP contribution in [0, 0.1) is 0 Å². The minimum absolute atomic E-state index is 0.0314. The third kappa shape index (κ3) is 7.75. The van der Waals surface area contributed by atoms with Crippen molar-refractivity contribution in [2.24, 2.45) is 5.73 Å². The first-order valence-corrected chi connectivity index (χ1v) is 11.4. The van der Waals surface area contributed by atoms with Crippen LogP contribution in [-0.2, 0) is 29.4 Å². The monoisotopic (exact) mass is 496 g/mol. The van der Waals surface area contributed by atoms with Gasteiger partial charge in [0.05, 0.1) is 18.8 Å². The lowest BCUT2D eigenvalue weighted by atomic mass is 10.1. The molecule has 0 aliphatic heterocycles. The lowest BCUT2D eigenvalue weighted by Crippen LogP contribution is -2.51. The predicted molar refractivity (Wildman–Crippen MR) is 131 cm³/mol. The molecule has 0 radical (unpaired) electrons. The number of ether oxygens (including phenoxy) is 2. The lowest BCUT2D eigenvalue weighted by Gasteiger charge is -2.24. The van der Waals surface area contributed by atoms with Crippen LogP contribution < -0.4 is 26.4 Å². The number of tetrazole rings is 1. The van der Waals surface area contributed by atoms with E-state index >= 15 is 0 Å². The summed E-state index contributed by atoms with van der Waals surface area (Å²) in [6.07, 6.45) is 0. The van der Waals surface area contributed by atoms with Gasteiger partial charge in [-0.2, -0.15) is 4.68 Å². The summed E-state index contributed by atoms with van der Waals surface area (Å²) in [7, 11) is 1.54. The maximum absolute atomic E-state index is 12.6. The van der Waals surface area contributed by atoms with Crippen molar-refractivity contribution in [2.45, 2.75) is 45.3 Å². The number of carbonyl (C=O) groups excluding carboxylic acids is 2. The molecule has 3 aromatic rings. The van der Waals surface area contributed by atoms with Crippen LogP contribution in [0.15, 0.2) is 54.6 Å². The first kappa shape index (κ1) is 26.6. The third-order valence-electron chi connectivity index (χ3n) is 5.14. The predicted octanol–water partition coefficient (Wildman–Crippen LogP) is 1.25. The summed E-state index contributed by atoms with van der Waals surface area (Å²) >= 11 is 0. The zero-order chi connectivity index (χ0) is 26.0. The Kier molecular flexibility index (Phi) is 9.31. The van der Waals surface area contributed by atoms with Crippen LogP contribution in [0.5, 0.6) is 5.75 Å². The first-order chi connectivity index (χ1) is 17.3. The van der Waals surface area contributed by atoms with Gasteiger partial charge in [-0.1, -0.05) is 48.5 Å². The van der Waals surface area contributed by atoms with E-state index in [-0.39, 0.29) is 31.8 Å². The number of hydrogen-bond donors (Lipinski definition) is 4. The molecule has 0 saturated heterocycles. The van der Waals surface area contributed by atoms with Crippen LogP contribution in [-0.4, -0.2) is 51.3 Å². The molecule has 3 rings (SSSR count). The fourth-order valence-corrected chi connectivity index (χ4v) is 3.13. The molecule has 3 amide bonds. The van der Waals surface area contributed by atoms with Crippen LogP contribution in [0.3, 0.4) is 0 Å². The Balaban J connectivity index is 1.72. The van der Waals surface area contributed by atoms with Gasteiger partial charge >= 0.3 is 6.03 Å². The summed E-state index contributed by atoms with van der Waals surface area (Å²) in [5.74, 6) is 0.526. The number of urea groups is 1. The van der Waals surface area contributed by atoms with Gasteiger partial charge in [0.15, 0.2) is 12.6 Å². The summed E-state index contributed by atoms with van der Waals surface area (Å²) in [4.78, 5) is 24.2. The lowest BCUT2D eigenvalue weighted by molar-refractivity contribution is -0.126. The van der Waals surface area contributed by atoms with Crippen molar-refractivity contribution < 1.29 is 19.1 Å². The van der Waals surface area contributed by atoms with Crippen molar-refractivity contribution in [1.29, 1.82) is 0 Å². The number of hydrogen-bond acceptors (Lipinski definition) is 8. The number of para-hydroxylation sites is 1. The number of rotatable bonds is 12. The van der Waals surface area contributed by atoms with Gasteiger partial charge < -0.3 is 31.2 Å². The molecule has 0 unspecified atom stereocenters. The standard InChI is InChI=1S/C24H32N8O4/c1-24(2,25)22(33)28-19(15-35-14-17-9-5-4-6-10-17)21-29-30-31-32(21)16-36-20-12-8-7-11-18(20)13-27-23(34)26-3/h4-12,19H,13-16,25H2,1-3H3,(H,28,33)(H2,26,27,34)/t19-/m1/s1. The van der Waals surface area contributed by atoms with Gasteiger partial charge in [0.2, 0.25) is 5.91 Å². The molecule has 192 valence electrons. The average molecular weight is 497 g/mol. The molecule has 1 heterocycles. The zero-order valence-electron chi connectivity index (χ0n) is 20.6. The van der Waals surface area contributed by atoms with E-state index in [1.807, 2.05) is 48.5 Å². The molecule has 0 aliphatic rings. The molecular formula is C24H32N8O4. The summed E-state index contributed by atoms with van der Waals surface area (Å²) < 4.78 is 13.3. The van der Waals surface area contributed by atoms with Gasteiger partial charge in [-0.25, -0.2) is 4.79 Å². The maximum atomic E-state index is 12.6. The van der Waals surface area contributed by atoms with Gasteiger partial charge in [-0.05, 0) is 35.9 Å². The number of amides is 3. The van der Waals surface area contributed by atoms with Gasteiger partial charge in [0.1, 0.15) is 11.8 Å². The summed E-state index contributed by atoms with van der Waals surface area (Å²) in [6, 6.07) is 16.0.